The van der Waals surface area contributed by atoms with Gasteiger partial charge >= 0.3 is 0 Å². The zero-order chi connectivity index (χ0) is 32.1. The average molecular weight is 628 g/mol. The predicted molar refractivity (Wildman–Crippen MR) is 177 cm³/mol. The topological polar surface area (TPSA) is 146 Å². The Morgan fingerprint density at radius 3 is 1.22 bits per heavy atom. The van der Waals surface area contributed by atoms with Crippen LogP contribution in [0.4, 0.5) is 0 Å². The number of hydrogen-bond donors (Lipinski definition) is 5. The fourth-order valence-electron chi connectivity index (χ4n) is 5.39. The molecule has 4 aromatic rings. The molecule has 0 saturated carbocycles. The average Bonchev–Trinajstić information content (AvgIpc) is 3.06. The number of hydrogen-bond acceptors (Lipinski definition) is 6. The van der Waals surface area contributed by atoms with Crippen LogP contribution < -0.4 is 10.6 Å². The summed E-state index contributed by atoms with van der Waals surface area (Å²) in [5, 5.41) is 25.9. The molecule has 5 N–H and O–H groups in total. The molecule has 0 aliphatic heterocycles. The van der Waals surface area contributed by atoms with E-state index in [2.05, 4.69) is 10.6 Å². The summed E-state index contributed by atoms with van der Waals surface area (Å²) in [5.74, 6) is -3.05. The lowest BCUT2D eigenvalue weighted by Crippen LogP contribution is -2.44. The SMILES string of the molecule is N=[S+]([O-])(C[C@H](Cc1ccccc1)C(=O)N[C@H](CO)c1ccccc1)C[C@H](Cc1ccccc1)C(=O)N[C@H](CO)c1ccccc1. The highest BCUT2D eigenvalue weighted by Crippen LogP contribution is 2.23. The molecule has 0 fully saturated rings. The highest BCUT2D eigenvalue weighted by atomic mass is 32.3. The van der Waals surface area contributed by atoms with Crippen LogP contribution in [0.2, 0.25) is 0 Å². The molecule has 236 valence electrons. The molecule has 4 aromatic carbocycles. The highest BCUT2D eigenvalue weighted by Gasteiger charge is 2.33. The molecule has 45 heavy (non-hydrogen) atoms. The van der Waals surface area contributed by atoms with Gasteiger partial charge in [0.25, 0.3) is 0 Å². The molecule has 2 amide bonds. The van der Waals surface area contributed by atoms with E-state index in [1.807, 2.05) is 121 Å². The Labute approximate surface area is 266 Å². The maximum absolute atomic E-state index is 14.1. The van der Waals surface area contributed by atoms with Gasteiger partial charge in [-0.1, -0.05) is 131 Å². The number of aliphatic hydroxyl groups is 2. The zero-order valence-corrected chi connectivity index (χ0v) is 25.9. The number of carbonyl (C=O) groups is 2. The second-order valence-corrected chi connectivity index (χ2v) is 13.5. The third-order valence-corrected chi connectivity index (χ3v) is 9.62. The molecular formula is C36H41N3O5S. The van der Waals surface area contributed by atoms with E-state index in [9.17, 15) is 24.4 Å². The predicted octanol–water partition coefficient (Wildman–Crippen LogP) is 4.45. The van der Waals surface area contributed by atoms with Gasteiger partial charge in [0.1, 0.15) is 11.5 Å². The Hall–Kier alpha value is -4.15. The minimum absolute atomic E-state index is 0.242. The van der Waals surface area contributed by atoms with Gasteiger partial charge in [0.05, 0.1) is 37.1 Å². The van der Waals surface area contributed by atoms with Crippen molar-refractivity contribution in [2.75, 3.05) is 24.7 Å². The third-order valence-electron chi connectivity index (χ3n) is 7.73. The minimum Gasteiger partial charge on any atom is -0.631 e. The Kier molecular flexibility index (Phi) is 12.6. The van der Waals surface area contributed by atoms with Crippen LogP contribution in [-0.2, 0) is 32.5 Å². The molecule has 0 aliphatic rings. The Morgan fingerprint density at radius 1 is 0.600 bits per heavy atom. The number of amides is 2. The minimum atomic E-state index is -3.47. The maximum Gasteiger partial charge on any atom is 0.228 e. The number of rotatable bonds is 16. The molecule has 0 bridgehead atoms. The Morgan fingerprint density at radius 2 is 0.911 bits per heavy atom. The Bertz CT molecular complexity index is 1410. The fraction of sp³-hybridized carbons (Fsp3) is 0.278. The summed E-state index contributed by atoms with van der Waals surface area (Å²) < 4.78 is 23.0. The first-order valence-electron chi connectivity index (χ1n) is 15.0. The van der Waals surface area contributed by atoms with E-state index >= 15 is 0 Å². The lowest BCUT2D eigenvalue weighted by molar-refractivity contribution is -0.126. The summed E-state index contributed by atoms with van der Waals surface area (Å²) >= 11 is 0. The highest BCUT2D eigenvalue weighted by molar-refractivity contribution is 7.98. The molecule has 0 radical (unpaired) electrons. The monoisotopic (exact) mass is 627 g/mol. The summed E-state index contributed by atoms with van der Waals surface area (Å²) in [5.41, 5.74) is 3.16. The van der Waals surface area contributed by atoms with Crippen molar-refractivity contribution < 1.29 is 24.4 Å². The molecule has 4 atom stereocenters. The molecular weight excluding hydrogens is 586 g/mol. The lowest BCUT2D eigenvalue weighted by Gasteiger charge is -2.30. The van der Waals surface area contributed by atoms with Crippen LogP contribution in [0.15, 0.2) is 121 Å². The molecule has 4 rings (SSSR count). The first kappa shape index (κ1) is 33.7. The molecule has 0 heterocycles. The van der Waals surface area contributed by atoms with Gasteiger partial charge in [-0.15, -0.1) is 0 Å². The Balaban J connectivity index is 1.56. The zero-order valence-electron chi connectivity index (χ0n) is 25.1. The lowest BCUT2D eigenvalue weighted by atomic mass is 9.99. The summed E-state index contributed by atoms with van der Waals surface area (Å²) in [6.07, 6.45) is 0.483. The number of nitrogens with one attached hydrogen (secondary N) is 3. The molecule has 0 unspecified atom stereocenters. The van der Waals surface area contributed by atoms with E-state index in [1.54, 1.807) is 0 Å². The molecule has 0 aromatic heterocycles. The first-order valence-corrected chi connectivity index (χ1v) is 16.9. The summed E-state index contributed by atoms with van der Waals surface area (Å²) in [6.45, 7) is -0.645. The van der Waals surface area contributed by atoms with E-state index < -0.39 is 45.8 Å². The van der Waals surface area contributed by atoms with Crippen molar-refractivity contribution in [1.82, 2.24) is 10.6 Å². The van der Waals surface area contributed by atoms with E-state index in [-0.39, 0.29) is 37.6 Å². The third kappa shape index (κ3) is 10.5. The van der Waals surface area contributed by atoms with Gasteiger partial charge in [0.2, 0.25) is 11.8 Å². The largest absolute Gasteiger partial charge is 0.631 e. The molecule has 0 saturated heterocycles. The molecule has 0 spiro atoms. The fourth-order valence-corrected chi connectivity index (χ4v) is 7.36. The first-order chi connectivity index (χ1) is 21.8. The summed E-state index contributed by atoms with van der Waals surface area (Å²) in [4.78, 5) is 27.4. The van der Waals surface area contributed by atoms with E-state index in [0.717, 1.165) is 22.3 Å². The van der Waals surface area contributed by atoms with Gasteiger partial charge in [-0.05, 0) is 35.1 Å². The van der Waals surface area contributed by atoms with E-state index in [4.69, 9.17) is 4.78 Å². The van der Waals surface area contributed by atoms with Crippen molar-refractivity contribution in [3.05, 3.63) is 144 Å². The number of benzene rings is 4. The smallest absolute Gasteiger partial charge is 0.228 e. The molecule has 9 heteroatoms. The van der Waals surface area contributed by atoms with Crippen LogP contribution in [0.1, 0.15) is 34.3 Å². The van der Waals surface area contributed by atoms with Gasteiger partial charge < -0.3 is 25.4 Å². The van der Waals surface area contributed by atoms with Gasteiger partial charge in [-0.2, -0.15) is 4.78 Å². The number of aliphatic hydroxyl groups excluding tert-OH is 2. The quantitative estimate of drug-likeness (QED) is 0.117. The summed E-state index contributed by atoms with van der Waals surface area (Å²) in [7, 11) is -3.47. The van der Waals surface area contributed by atoms with E-state index in [0.29, 0.717) is 0 Å². The standard InChI is InChI=1S/C36H41N3O5S/c37-45(44,25-31(21-27-13-5-1-6-14-27)35(42)38-33(23-40)29-17-9-3-10-18-29)26-32(22-28-15-7-2-8-16-28)36(43)39-34(24-41)30-19-11-4-12-20-30/h1-20,31-34,40-41H,21-26H2,(H3-,37,38,39,42,43,44)/t31-,32-,33+,34+/m0/s1. The molecule has 0 aliphatic carbocycles. The van der Waals surface area contributed by atoms with E-state index in [1.165, 1.54) is 0 Å². The van der Waals surface area contributed by atoms with Crippen molar-refractivity contribution in [1.29, 1.82) is 4.78 Å². The molecule has 8 nitrogen and oxygen atoms in total. The normalized spacial score (nSPS) is 14.1. The number of carbonyl (C=O) groups excluding carboxylic acids is 2. The van der Waals surface area contributed by atoms with Crippen LogP contribution in [0.5, 0.6) is 0 Å². The van der Waals surface area contributed by atoms with Crippen molar-refractivity contribution in [3.8, 4) is 0 Å². The van der Waals surface area contributed by atoms with Gasteiger partial charge in [0, 0.05) is 0 Å². The maximum atomic E-state index is 14.1. The van der Waals surface area contributed by atoms with Crippen LogP contribution in [0.3, 0.4) is 0 Å². The van der Waals surface area contributed by atoms with Crippen LogP contribution >= 0.6 is 0 Å². The second kappa shape index (κ2) is 16.8. The van der Waals surface area contributed by atoms with Crippen molar-refractivity contribution >= 4 is 21.9 Å². The van der Waals surface area contributed by atoms with Crippen LogP contribution in [-0.4, -0.2) is 51.3 Å². The van der Waals surface area contributed by atoms with Crippen LogP contribution in [0, 0.1) is 16.6 Å². The van der Waals surface area contributed by atoms with Crippen LogP contribution in [0.25, 0.3) is 0 Å². The van der Waals surface area contributed by atoms with Gasteiger partial charge in [-0.25, -0.2) is 0 Å². The van der Waals surface area contributed by atoms with Gasteiger partial charge in [-0.3, -0.25) is 9.59 Å². The second-order valence-electron chi connectivity index (χ2n) is 11.2. The van der Waals surface area contributed by atoms with Crippen molar-refractivity contribution in [3.63, 3.8) is 0 Å². The summed E-state index contributed by atoms with van der Waals surface area (Å²) in [6, 6.07) is 35.5. The van der Waals surface area contributed by atoms with Crippen molar-refractivity contribution in [2.24, 2.45) is 11.8 Å². The van der Waals surface area contributed by atoms with Crippen molar-refractivity contribution in [2.45, 2.75) is 24.9 Å². The van der Waals surface area contributed by atoms with Gasteiger partial charge in [0.15, 0.2) is 0 Å².